The Kier molecular flexibility index (Phi) is 4.27. The molecule has 2 rings (SSSR count). The molecule has 0 saturated heterocycles. The zero-order chi connectivity index (χ0) is 14.0. The Bertz CT molecular complexity index is 580. The predicted molar refractivity (Wildman–Crippen MR) is 71.7 cm³/mol. The summed E-state index contributed by atoms with van der Waals surface area (Å²) in [5.41, 5.74) is -0.0301. The van der Waals surface area contributed by atoms with E-state index in [0.717, 1.165) is 17.5 Å². The van der Waals surface area contributed by atoms with E-state index < -0.39 is 17.5 Å². The van der Waals surface area contributed by atoms with Crippen LogP contribution < -0.4 is 5.32 Å². The molecular formula is C14H14F3NS. The van der Waals surface area contributed by atoms with Gasteiger partial charge in [-0.1, -0.05) is 6.92 Å². The Labute approximate surface area is 114 Å². The summed E-state index contributed by atoms with van der Waals surface area (Å²) < 4.78 is 40.0. The van der Waals surface area contributed by atoms with Crippen molar-refractivity contribution in [2.45, 2.75) is 19.9 Å². The van der Waals surface area contributed by atoms with Crippen molar-refractivity contribution in [1.82, 2.24) is 5.32 Å². The van der Waals surface area contributed by atoms with Gasteiger partial charge in [-0.05, 0) is 31.7 Å². The summed E-state index contributed by atoms with van der Waals surface area (Å²) >= 11 is 1.33. The molecule has 0 saturated carbocycles. The summed E-state index contributed by atoms with van der Waals surface area (Å²) in [6.07, 6.45) is 0. The largest absolute Gasteiger partial charge is 0.310 e. The highest BCUT2D eigenvalue weighted by molar-refractivity contribution is 7.15. The van der Waals surface area contributed by atoms with Gasteiger partial charge >= 0.3 is 0 Å². The third-order valence-corrected chi connectivity index (χ3v) is 4.12. The molecule has 1 unspecified atom stereocenters. The Hall–Kier alpha value is -1.33. The highest BCUT2D eigenvalue weighted by atomic mass is 32.1. The van der Waals surface area contributed by atoms with E-state index in [9.17, 15) is 13.2 Å². The molecule has 5 heteroatoms. The number of rotatable bonds is 4. The Morgan fingerprint density at radius 2 is 1.95 bits per heavy atom. The molecule has 0 amide bonds. The standard InChI is InChI=1S/C14H14F3NS/c1-3-18-8(2)12-4-5-13(19-12)10-6-9(15)7-11(16)14(10)17/h4-8,18H,3H2,1-2H3. The number of thiophene rings is 1. The third kappa shape index (κ3) is 2.98. The Balaban J connectivity index is 2.38. The first-order valence-electron chi connectivity index (χ1n) is 6.01. The van der Waals surface area contributed by atoms with Gasteiger partial charge in [0.2, 0.25) is 0 Å². The molecule has 2 aromatic rings. The number of hydrogen-bond acceptors (Lipinski definition) is 2. The van der Waals surface area contributed by atoms with Crippen LogP contribution in [0.5, 0.6) is 0 Å². The highest BCUT2D eigenvalue weighted by Crippen LogP contribution is 2.34. The summed E-state index contributed by atoms with van der Waals surface area (Å²) in [5.74, 6) is -2.95. The van der Waals surface area contributed by atoms with Crippen LogP contribution in [0.4, 0.5) is 13.2 Å². The average Bonchev–Trinajstić information content (AvgIpc) is 2.83. The molecule has 0 radical (unpaired) electrons. The van der Waals surface area contributed by atoms with Crippen molar-refractivity contribution in [2.24, 2.45) is 0 Å². The fourth-order valence-corrected chi connectivity index (χ4v) is 2.92. The molecular weight excluding hydrogens is 271 g/mol. The first kappa shape index (κ1) is 14.1. The van der Waals surface area contributed by atoms with Gasteiger partial charge in [-0.3, -0.25) is 0 Å². The molecule has 0 aliphatic rings. The summed E-state index contributed by atoms with van der Waals surface area (Å²) in [5, 5.41) is 3.23. The maximum Gasteiger partial charge on any atom is 0.167 e. The van der Waals surface area contributed by atoms with Crippen LogP contribution in [-0.4, -0.2) is 6.54 Å². The molecule has 0 fully saturated rings. The number of hydrogen-bond donors (Lipinski definition) is 1. The van der Waals surface area contributed by atoms with E-state index in [4.69, 9.17) is 0 Å². The number of nitrogens with one attached hydrogen (secondary N) is 1. The van der Waals surface area contributed by atoms with Crippen LogP contribution in [0, 0.1) is 17.5 Å². The molecule has 0 spiro atoms. The summed E-state index contributed by atoms with van der Waals surface area (Å²) in [6.45, 7) is 4.80. The molecule has 102 valence electrons. The maximum absolute atomic E-state index is 13.7. The Morgan fingerprint density at radius 1 is 1.21 bits per heavy atom. The van der Waals surface area contributed by atoms with E-state index in [0.29, 0.717) is 10.9 Å². The van der Waals surface area contributed by atoms with Crippen LogP contribution in [0.25, 0.3) is 10.4 Å². The molecule has 0 bridgehead atoms. The molecule has 1 aromatic heterocycles. The first-order valence-corrected chi connectivity index (χ1v) is 6.82. The van der Waals surface area contributed by atoms with E-state index >= 15 is 0 Å². The van der Waals surface area contributed by atoms with Gasteiger partial charge in [0, 0.05) is 27.4 Å². The van der Waals surface area contributed by atoms with Crippen LogP contribution in [-0.2, 0) is 0 Å². The number of halogens is 3. The van der Waals surface area contributed by atoms with E-state index in [2.05, 4.69) is 5.32 Å². The molecule has 19 heavy (non-hydrogen) atoms. The van der Waals surface area contributed by atoms with Crippen molar-refractivity contribution in [2.75, 3.05) is 6.54 Å². The first-order chi connectivity index (χ1) is 9.02. The smallest absolute Gasteiger partial charge is 0.167 e. The molecule has 1 N–H and O–H groups in total. The van der Waals surface area contributed by atoms with E-state index in [1.54, 1.807) is 6.07 Å². The number of benzene rings is 1. The lowest BCUT2D eigenvalue weighted by molar-refractivity contribution is 0.498. The van der Waals surface area contributed by atoms with Crippen LogP contribution >= 0.6 is 11.3 Å². The van der Waals surface area contributed by atoms with Gasteiger partial charge in [0.05, 0.1) is 0 Å². The minimum atomic E-state index is -1.16. The molecule has 1 nitrogen and oxygen atoms in total. The van der Waals surface area contributed by atoms with Crippen LogP contribution in [0.3, 0.4) is 0 Å². The maximum atomic E-state index is 13.7. The average molecular weight is 285 g/mol. The van der Waals surface area contributed by atoms with E-state index in [1.807, 2.05) is 19.9 Å². The fourth-order valence-electron chi connectivity index (χ4n) is 1.87. The lowest BCUT2D eigenvalue weighted by atomic mass is 10.1. The monoisotopic (exact) mass is 285 g/mol. The van der Waals surface area contributed by atoms with E-state index in [1.165, 1.54) is 11.3 Å². The van der Waals surface area contributed by atoms with E-state index in [-0.39, 0.29) is 11.6 Å². The minimum absolute atomic E-state index is 0.0301. The summed E-state index contributed by atoms with van der Waals surface area (Å²) in [6, 6.07) is 5.23. The van der Waals surface area contributed by atoms with Crippen molar-refractivity contribution in [1.29, 1.82) is 0 Å². The van der Waals surface area contributed by atoms with Crippen LogP contribution in [0.15, 0.2) is 24.3 Å². The second-order valence-corrected chi connectivity index (χ2v) is 5.35. The van der Waals surface area contributed by atoms with Crippen molar-refractivity contribution in [3.05, 3.63) is 46.6 Å². The molecule has 1 heterocycles. The van der Waals surface area contributed by atoms with Crippen molar-refractivity contribution in [3.8, 4) is 10.4 Å². The highest BCUT2D eigenvalue weighted by Gasteiger charge is 2.15. The topological polar surface area (TPSA) is 12.0 Å². The predicted octanol–water partition coefficient (Wildman–Crippen LogP) is 4.50. The van der Waals surface area contributed by atoms with Gasteiger partial charge in [-0.25, -0.2) is 13.2 Å². The zero-order valence-corrected chi connectivity index (χ0v) is 11.5. The van der Waals surface area contributed by atoms with Gasteiger partial charge < -0.3 is 5.32 Å². The normalized spacial score (nSPS) is 12.7. The fraction of sp³-hybridized carbons (Fsp3) is 0.286. The van der Waals surface area contributed by atoms with Crippen molar-refractivity contribution >= 4 is 11.3 Å². The van der Waals surface area contributed by atoms with Gasteiger partial charge in [-0.2, -0.15) is 0 Å². The zero-order valence-electron chi connectivity index (χ0n) is 10.6. The second kappa shape index (κ2) is 5.75. The van der Waals surface area contributed by atoms with Crippen LogP contribution in [0.1, 0.15) is 24.8 Å². The van der Waals surface area contributed by atoms with Gasteiger partial charge in [0.25, 0.3) is 0 Å². The third-order valence-electron chi connectivity index (χ3n) is 2.82. The lowest BCUT2D eigenvalue weighted by Gasteiger charge is -2.09. The van der Waals surface area contributed by atoms with Crippen LogP contribution in [0.2, 0.25) is 0 Å². The lowest BCUT2D eigenvalue weighted by Crippen LogP contribution is -2.16. The molecule has 1 atom stereocenters. The van der Waals surface area contributed by atoms with Gasteiger partial charge in [-0.15, -0.1) is 11.3 Å². The second-order valence-electron chi connectivity index (χ2n) is 4.23. The molecule has 1 aromatic carbocycles. The van der Waals surface area contributed by atoms with Gasteiger partial charge in [0.15, 0.2) is 11.6 Å². The van der Waals surface area contributed by atoms with Crippen molar-refractivity contribution in [3.63, 3.8) is 0 Å². The SMILES string of the molecule is CCNC(C)c1ccc(-c2cc(F)cc(F)c2F)s1. The molecule has 0 aliphatic carbocycles. The molecule has 0 aliphatic heterocycles. The van der Waals surface area contributed by atoms with Crippen molar-refractivity contribution < 1.29 is 13.2 Å². The summed E-state index contributed by atoms with van der Waals surface area (Å²) in [4.78, 5) is 1.52. The summed E-state index contributed by atoms with van der Waals surface area (Å²) in [7, 11) is 0. The Morgan fingerprint density at radius 3 is 2.63 bits per heavy atom. The minimum Gasteiger partial charge on any atom is -0.310 e. The quantitative estimate of drug-likeness (QED) is 0.815. The van der Waals surface area contributed by atoms with Gasteiger partial charge in [0.1, 0.15) is 5.82 Å².